The van der Waals surface area contributed by atoms with E-state index in [-0.39, 0.29) is 83.3 Å². The Morgan fingerprint density at radius 3 is 2.36 bits per heavy atom. The molecule has 5 N–H and O–H groups in total. The van der Waals surface area contributed by atoms with Crippen LogP contribution in [0.25, 0.3) is 22.0 Å². The van der Waals surface area contributed by atoms with E-state index in [1.807, 2.05) is 54.4 Å². The van der Waals surface area contributed by atoms with Crippen LogP contribution in [0.1, 0.15) is 104 Å². The number of nitrogens with two attached hydrogens (primary N) is 1. The predicted octanol–water partition coefficient (Wildman–Crippen LogP) is 8.40. The van der Waals surface area contributed by atoms with E-state index in [1.165, 1.54) is 29.2 Å². The summed E-state index contributed by atoms with van der Waals surface area (Å²) in [5, 5.41) is 20.2. The van der Waals surface area contributed by atoms with Gasteiger partial charge in [0.15, 0.2) is 23.0 Å². The van der Waals surface area contributed by atoms with Gasteiger partial charge in [0.05, 0.1) is 22.7 Å². The molecule has 5 aliphatic rings. The van der Waals surface area contributed by atoms with E-state index in [2.05, 4.69) is 20.6 Å². The molecule has 396 valence electrons. The maximum Gasteiger partial charge on any atom is 0.329 e. The van der Waals surface area contributed by atoms with E-state index in [9.17, 15) is 24.3 Å². The number of piperidine rings is 2. The Labute approximate surface area is 438 Å². The van der Waals surface area contributed by atoms with Crippen LogP contribution in [-0.4, -0.2) is 107 Å². The molecular weight excluding hydrogens is 989 g/mol. The minimum absolute atomic E-state index is 0.00998. The number of ether oxygens (including phenoxy) is 2. The van der Waals surface area contributed by atoms with Crippen molar-refractivity contribution in [3.05, 3.63) is 118 Å². The highest BCUT2D eigenvalue weighted by Gasteiger charge is 2.49. The third-order valence-electron chi connectivity index (χ3n) is 16.2. The van der Waals surface area contributed by atoms with Crippen LogP contribution in [0, 0.1) is 29.3 Å². The molecular formula is C56H62ClF3N8O7. The summed E-state index contributed by atoms with van der Waals surface area (Å²) in [6.07, 6.45) is 10.3. The van der Waals surface area contributed by atoms with Crippen LogP contribution in [0.2, 0.25) is 5.02 Å². The van der Waals surface area contributed by atoms with Gasteiger partial charge >= 0.3 is 6.03 Å². The van der Waals surface area contributed by atoms with Crippen molar-refractivity contribution in [2.45, 2.75) is 88.2 Å². The van der Waals surface area contributed by atoms with Crippen molar-refractivity contribution in [3.8, 4) is 22.6 Å². The van der Waals surface area contributed by atoms with E-state index in [0.29, 0.717) is 33.8 Å². The molecule has 2 atom stereocenters. The molecule has 4 fully saturated rings. The van der Waals surface area contributed by atoms with E-state index in [4.69, 9.17) is 26.8 Å². The summed E-state index contributed by atoms with van der Waals surface area (Å²) in [6.45, 7) is 5.49. The largest absolute Gasteiger partial charge is 0.488 e. The molecule has 75 heavy (non-hydrogen) atoms. The third kappa shape index (κ3) is 9.92. The van der Waals surface area contributed by atoms with Gasteiger partial charge in [0.25, 0.3) is 0 Å². The number of nitrogens with zero attached hydrogens (tertiary/aromatic N) is 5. The van der Waals surface area contributed by atoms with Crippen molar-refractivity contribution >= 4 is 52.1 Å². The second-order valence-electron chi connectivity index (χ2n) is 20.6. The molecule has 4 aliphatic heterocycles. The summed E-state index contributed by atoms with van der Waals surface area (Å²) in [5.41, 5.74) is 6.29. The molecule has 0 bridgehead atoms. The molecule has 3 saturated heterocycles. The van der Waals surface area contributed by atoms with Gasteiger partial charge in [0.2, 0.25) is 17.7 Å². The second kappa shape index (κ2) is 21.5. The van der Waals surface area contributed by atoms with Crippen LogP contribution < -0.4 is 30.7 Å². The molecule has 5 amide bonds. The number of nitrogens with one attached hydrogen (secondary N) is 2. The van der Waals surface area contributed by atoms with Crippen LogP contribution >= 0.6 is 11.6 Å². The highest BCUT2D eigenvalue weighted by Crippen LogP contribution is 2.57. The van der Waals surface area contributed by atoms with Crippen molar-refractivity contribution in [2.75, 3.05) is 57.4 Å². The van der Waals surface area contributed by atoms with Crippen LogP contribution in [0.3, 0.4) is 0 Å². The number of urea groups is 1. The van der Waals surface area contributed by atoms with Crippen LogP contribution in [-0.2, 0) is 22.2 Å². The first-order valence-corrected chi connectivity index (χ1v) is 26.4. The second-order valence-corrected chi connectivity index (χ2v) is 21.0. The number of hydrogen-bond donors (Lipinski definition) is 4. The zero-order valence-electron chi connectivity index (χ0n) is 42.1. The summed E-state index contributed by atoms with van der Waals surface area (Å²) < 4.78 is 61.8. The van der Waals surface area contributed by atoms with Gasteiger partial charge in [-0.05, 0) is 118 Å². The molecule has 5 aromatic rings. The number of aromatic nitrogens is 2. The molecule has 1 saturated carbocycles. The Kier molecular flexibility index (Phi) is 14.9. The number of rotatable bonds is 14. The lowest BCUT2D eigenvalue weighted by molar-refractivity contribution is -0.138. The van der Waals surface area contributed by atoms with Gasteiger partial charge in [-0.25, -0.2) is 18.0 Å². The van der Waals surface area contributed by atoms with Crippen molar-refractivity contribution < 1.29 is 46.9 Å². The molecule has 1 aliphatic carbocycles. The fourth-order valence-corrected chi connectivity index (χ4v) is 12.6. The number of carbonyl (C=O) groups excluding carboxylic acids is 4. The fourth-order valence-electron chi connectivity index (χ4n) is 12.3. The first-order valence-electron chi connectivity index (χ1n) is 26.0. The highest BCUT2D eigenvalue weighted by molar-refractivity contribution is 6.34. The average molecular weight is 1050 g/mol. The molecule has 0 unspecified atom stereocenters. The molecule has 0 radical (unpaired) electrons. The summed E-state index contributed by atoms with van der Waals surface area (Å²) in [7, 11) is 1.77. The molecule has 10 rings (SSSR count). The maximum absolute atomic E-state index is 16.5. The first-order chi connectivity index (χ1) is 36.2. The van der Waals surface area contributed by atoms with Crippen LogP contribution in [0.4, 0.5) is 23.8 Å². The molecule has 19 heteroatoms. The average Bonchev–Trinajstić information content (AvgIpc) is 3.91. The number of aryl methyl sites for hydroxylation is 1. The Hall–Kier alpha value is -6.63. The number of benzene rings is 4. The van der Waals surface area contributed by atoms with E-state index < -0.39 is 46.7 Å². The van der Waals surface area contributed by atoms with E-state index in [1.54, 1.807) is 17.8 Å². The Balaban J connectivity index is 0.741. The third-order valence-corrected chi connectivity index (χ3v) is 16.6. The lowest BCUT2D eigenvalue weighted by Crippen LogP contribution is -2.49. The zero-order valence-corrected chi connectivity index (χ0v) is 42.8. The van der Waals surface area contributed by atoms with Gasteiger partial charge < -0.3 is 35.4 Å². The highest BCUT2D eigenvalue weighted by atomic mass is 35.5. The molecule has 4 aromatic carbocycles. The van der Waals surface area contributed by atoms with Gasteiger partial charge in [0.1, 0.15) is 24.0 Å². The quantitative estimate of drug-likeness (QED) is 0.0843. The SMILES string of the molecule is C[C@H]1c2c(cc(F)c(Cl)c2-c2c(C(N)=O)ccc(OCCO)c2F)O[C@]1(/C=C\NC1CCC(C(=O)N2CCC(CN3CCC(c4c(F)ccc5c(N6CCC(=O)NC6=O)nn(C)c45)CC3)CC2)CC1)c1ccccc1. The topological polar surface area (TPSA) is 185 Å². The van der Waals surface area contributed by atoms with Crippen molar-refractivity contribution in [1.29, 1.82) is 0 Å². The Bertz CT molecular complexity index is 3040. The summed E-state index contributed by atoms with van der Waals surface area (Å²) in [5.74, 6) is -3.19. The monoisotopic (exact) mass is 1050 g/mol. The molecule has 1 aromatic heterocycles. The lowest BCUT2D eigenvalue weighted by atomic mass is 9.77. The summed E-state index contributed by atoms with van der Waals surface area (Å²) in [6, 6.07) is 15.7. The Morgan fingerprint density at radius 1 is 0.933 bits per heavy atom. The smallest absolute Gasteiger partial charge is 0.329 e. The van der Waals surface area contributed by atoms with Crippen LogP contribution in [0.15, 0.2) is 72.9 Å². The minimum Gasteiger partial charge on any atom is -0.488 e. The number of imide groups is 1. The van der Waals surface area contributed by atoms with E-state index in [0.717, 1.165) is 89.7 Å². The van der Waals surface area contributed by atoms with Gasteiger partial charge in [0, 0.05) is 91.2 Å². The normalized spacial score (nSPS) is 22.9. The van der Waals surface area contributed by atoms with Gasteiger partial charge in [-0.3, -0.25) is 29.3 Å². The van der Waals surface area contributed by atoms with Gasteiger partial charge in [-0.2, -0.15) is 5.10 Å². The van der Waals surface area contributed by atoms with Crippen molar-refractivity contribution in [1.82, 2.24) is 30.2 Å². The van der Waals surface area contributed by atoms with Crippen molar-refractivity contribution in [3.63, 3.8) is 0 Å². The van der Waals surface area contributed by atoms with Crippen molar-refractivity contribution in [2.24, 2.45) is 24.6 Å². The Morgan fingerprint density at radius 2 is 1.67 bits per heavy atom. The number of halogens is 4. The fraction of sp³-hybridized carbons (Fsp3) is 0.446. The number of fused-ring (bicyclic) bond motifs is 2. The first kappa shape index (κ1) is 51.8. The van der Waals surface area contributed by atoms with Gasteiger partial charge in [-0.15, -0.1) is 0 Å². The zero-order chi connectivity index (χ0) is 52.7. The number of aliphatic hydroxyl groups excluding tert-OH is 1. The van der Waals surface area contributed by atoms with Gasteiger partial charge in [-0.1, -0.05) is 48.9 Å². The van der Waals surface area contributed by atoms with Crippen LogP contribution in [0.5, 0.6) is 11.5 Å². The molecule has 5 heterocycles. The summed E-state index contributed by atoms with van der Waals surface area (Å²) >= 11 is 6.70. The summed E-state index contributed by atoms with van der Waals surface area (Å²) in [4.78, 5) is 57.1. The number of anilines is 1. The maximum atomic E-state index is 16.5. The standard InChI is InChI=1S/C56H62ClF3N8O7/c1-32-45-43(30-41(59)49(57)48(45)47-38(52(61)71)13-15-42(50(47)60)74-29-28-69)75-56(32,36-6-4-3-5-7-36)21-22-62-37-10-8-35(9-11-37)54(72)67-25-16-33(17-26-67)31-66-23-18-34(19-24-66)46-40(58)14-12-39-51(46)65(2)64-53(39)68-27-20-44(70)63-55(68)73/h3-7,12-15,21-22,30,32-35,37,62,69H,8-11,16-20,23-29,31H2,1-2H3,(H2,61,71)(H,63,70,73)/b22-21-/t32-,35?,37?,56-/m0/s1. The number of amides is 5. The number of hydrogen-bond acceptors (Lipinski definition) is 10. The predicted molar refractivity (Wildman–Crippen MR) is 277 cm³/mol. The number of aliphatic hydroxyl groups is 1. The minimum atomic E-state index is -1.23. The van der Waals surface area contributed by atoms with E-state index >= 15 is 13.2 Å². The molecule has 15 nitrogen and oxygen atoms in total. The number of primary amides is 1. The number of likely N-dealkylation sites (tertiary alicyclic amines) is 2. The molecule has 0 spiro atoms. The number of carbonyl (C=O) groups is 4. The lowest BCUT2D eigenvalue weighted by Gasteiger charge is -2.39.